The third-order valence-electron chi connectivity index (χ3n) is 3.73. The van der Waals surface area contributed by atoms with Gasteiger partial charge in [0.15, 0.2) is 0 Å². The second-order valence-corrected chi connectivity index (χ2v) is 5.73. The average molecular weight is 292 g/mol. The number of amides is 1. The van der Waals surface area contributed by atoms with Gasteiger partial charge in [-0.05, 0) is 45.7 Å². The van der Waals surface area contributed by atoms with Gasteiger partial charge in [-0.25, -0.2) is 0 Å². The van der Waals surface area contributed by atoms with E-state index < -0.39 is 11.4 Å². The third-order valence-corrected chi connectivity index (χ3v) is 3.73. The molecule has 0 aliphatic carbocycles. The summed E-state index contributed by atoms with van der Waals surface area (Å²) in [6, 6.07) is 9.38. The molecule has 21 heavy (non-hydrogen) atoms. The van der Waals surface area contributed by atoms with Crippen molar-refractivity contribution in [3.05, 3.63) is 35.9 Å². The number of benzene rings is 1. The van der Waals surface area contributed by atoms with E-state index in [1.54, 1.807) is 0 Å². The fourth-order valence-electron chi connectivity index (χ4n) is 2.36. The molecule has 1 aromatic carbocycles. The molecule has 1 aromatic rings. The Morgan fingerprint density at radius 1 is 1.19 bits per heavy atom. The van der Waals surface area contributed by atoms with E-state index in [1.165, 1.54) is 0 Å². The van der Waals surface area contributed by atoms with Gasteiger partial charge >= 0.3 is 0 Å². The molecule has 0 aromatic heterocycles. The Balaban J connectivity index is 2.79. The number of nitrogens with zero attached hydrogens (tertiary/aromatic N) is 2. The van der Waals surface area contributed by atoms with Crippen LogP contribution in [-0.2, 0) is 10.3 Å². The molecule has 0 radical (unpaired) electrons. The minimum absolute atomic E-state index is 0.441. The van der Waals surface area contributed by atoms with E-state index in [0.717, 1.165) is 31.6 Å². The average Bonchev–Trinajstić information content (AvgIpc) is 2.46. The molecule has 118 valence electrons. The summed E-state index contributed by atoms with van der Waals surface area (Å²) >= 11 is 0. The number of nitrogens with two attached hydrogens (primary N) is 2. The maximum absolute atomic E-state index is 11.9. The zero-order valence-electron chi connectivity index (χ0n) is 13.4. The van der Waals surface area contributed by atoms with Gasteiger partial charge in [0.25, 0.3) is 0 Å². The Bertz CT molecular complexity index is 435. The molecular weight excluding hydrogens is 264 g/mol. The number of carbonyl (C=O) groups is 1. The molecular formula is C16H28N4O. The fraction of sp³-hybridized carbons (Fsp3) is 0.562. The maximum atomic E-state index is 11.9. The van der Waals surface area contributed by atoms with E-state index in [1.807, 2.05) is 30.3 Å². The Hall–Kier alpha value is -1.43. The smallest absolute Gasteiger partial charge is 0.243 e. The third kappa shape index (κ3) is 5.12. The van der Waals surface area contributed by atoms with Crippen LogP contribution in [0.5, 0.6) is 0 Å². The van der Waals surface area contributed by atoms with Crippen molar-refractivity contribution in [2.75, 3.05) is 40.3 Å². The van der Waals surface area contributed by atoms with Gasteiger partial charge in [-0.1, -0.05) is 37.3 Å². The molecule has 0 aliphatic rings. The maximum Gasteiger partial charge on any atom is 0.243 e. The first-order valence-corrected chi connectivity index (χ1v) is 7.41. The van der Waals surface area contributed by atoms with Gasteiger partial charge < -0.3 is 21.3 Å². The van der Waals surface area contributed by atoms with Gasteiger partial charge in [0.2, 0.25) is 5.91 Å². The molecule has 1 unspecified atom stereocenters. The van der Waals surface area contributed by atoms with Gasteiger partial charge in [0, 0.05) is 6.54 Å². The molecule has 5 heteroatoms. The van der Waals surface area contributed by atoms with Crippen LogP contribution in [0.4, 0.5) is 0 Å². The summed E-state index contributed by atoms with van der Waals surface area (Å²) in [5, 5.41) is 0. The molecule has 0 aliphatic heterocycles. The molecule has 1 rings (SSSR count). The number of hydrogen-bond donors (Lipinski definition) is 2. The quantitative estimate of drug-likeness (QED) is 0.699. The zero-order chi connectivity index (χ0) is 15.9. The lowest BCUT2D eigenvalue weighted by Gasteiger charge is -2.33. The minimum Gasteiger partial charge on any atom is -0.368 e. The molecule has 0 bridgehead atoms. The lowest BCUT2D eigenvalue weighted by Crippen LogP contribution is -2.56. The van der Waals surface area contributed by atoms with Crippen LogP contribution in [0.25, 0.3) is 0 Å². The van der Waals surface area contributed by atoms with Crippen molar-refractivity contribution < 1.29 is 4.79 Å². The highest BCUT2D eigenvalue weighted by Gasteiger charge is 2.35. The van der Waals surface area contributed by atoms with Crippen LogP contribution in [0, 0.1) is 0 Å². The van der Waals surface area contributed by atoms with Gasteiger partial charge in [-0.3, -0.25) is 4.79 Å². The first kappa shape index (κ1) is 17.6. The Labute approximate surface area is 127 Å². The highest BCUT2D eigenvalue weighted by atomic mass is 16.1. The van der Waals surface area contributed by atoms with Crippen molar-refractivity contribution in [2.24, 2.45) is 11.5 Å². The summed E-state index contributed by atoms with van der Waals surface area (Å²) in [5.41, 5.74) is 11.6. The van der Waals surface area contributed by atoms with Crippen molar-refractivity contribution in [1.29, 1.82) is 0 Å². The number of likely N-dealkylation sites (N-methyl/N-ethyl adjacent to an activating group) is 1. The fourth-order valence-corrected chi connectivity index (χ4v) is 2.36. The van der Waals surface area contributed by atoms with E-state index in [4.69, 9.17) is 11.5 Å². The molecule has 1 atom stereocenters. The van der Waals surface area contributed by atoms with Crippen LogP contribution in [0.3, 0.4) is 0 Å². The lowest BCUT2D eigenvalue weighted by atomic mass is 9.89. The van der Waals surface area contributed by atoms with Crippen molar-refractivity contribution in [3.8, 4) is 0 Å². The summed E-state index contributed by atoms with van der Waals surface area (Å²) in [4.78, 5) is 16.2. The molecule has 0 fully saturated rings. The monoisotopic (exact) mass is 292 g/mol. The Morgan fingerprint density at radius 2 is 1.81 bits per heavy atom. The Morgan fingerprint density at radius 3 is 2.29 bits per heavy atom. The van der Waals surface area contributed by atoms with Crippen LogP contribution < -0.4 is 11.5 Å². The Kier molecular flexibility index (Phi) is 6.81. The second-order valence-electron chi connectivity index (χ2n) is 5.73. The largest absolute Gasteiger partial charge is 0.368 e. The number of primary amides is 1. The molecule has 0 heterocycles. The van der Waals surface area contributed by atoms with Crippen LogP contribution >= 0.6 is 0 Å². The van der Waals surface area contributed by atoms with Crippen LogP contribution in [0.2, 0.25) is 0 Å². The van der Waals surface area contributed by atoms with E-state index in [0.29, 0.717) is 6.54 Å². The van der Waals surface area contributed by atoms with Crippen molar-refractivity contribution >= 4 is 5.91 Å². The predicted octanol–water partition coefficient (Wildman–Crippen LogP) is 0.600. The number of hydrogen-bond acceptors (Lipinski definition) is 4. The summed E-state index contributed by atoms with van der Waals surface area (Å²) in [6.45, 7) is 5.26. The highest BCUT2D eigenvalue weighted by Crippen LogP contribution is 2.19. The highest BCUT2D eigenvalue weighted by molar-refractivity contribution is 5.86. The van der Waals surface area contributed by atoms with E-state index in [9.17, 15) is 4.79 Å². The first-order chi connectivity index (χ1) is 9.90. The first-order valence-electron chi connectivity index (χ1n) is 7.41. The van der Waals surface area contributed by atoms with Crippen LogP contribution in [0.15, 0.2) is 30.3 Å². The summed E-state index contributed by atoms with van der Waals surface area (Å²) < 4.78 is 0. The van der Waals surface area contributed by atoms with Gasteiger partial charge in [-0.15, -0.1) is 0 Å². The normalized spacial score (nSPS) is 14.4. The molecule has 4 N–H and O–H groups in total. The standard InChI is InChI=1S/C16H28N4O/c1-4-20(12-8-11-19(2)3)13-16(18,15(17)21)14-9-6-5-7-10-14/h5-7,9-10H,4,8,11-13,18H2,1-3H3,(H2,17,21). The SMILES string of the molecule is CCN(CCCN(C)C)CC(N)(C(N)=O)c1ccccc1. The number of rotatable bonds is 9. The summed E-state index contributed by atoms with van der Waals surface area (Å²) in [5.74, 6) is -0.486. The topological polar surface area (TPSA) is 75.6 Å². The zero-order valence-corrected chi connectivity index (χ0v) is 13.4. The van der Waals surface area contributed by atoms with Crippen LogP contribution in [0.1, 0.15) is 18.9 Å². The second kappa shape index (κ2) is 8.12. The molecule has 0 saturated carbocycles. The van der Waals surface area contributed by atoms with E-state index in [-0.39, 0.29) is 0 Å². The molecule has 5 nitrogen and oxygen atoms in total. The van der Waals surface area contributed by atoms with E-state index >= 15 is 0 Å². The van der Waals surface area contributed by atoms with Crippen molar-refractivity contribution in [1.82, 2.24) is 9.80 Å². The van der Waals surface area contributed by atoms with Gasteiger partial charge in [0.05, 0.1) is 0 Å². The minimum atomic E-state index is -1.14. The van der Waals surface area contributed by atoms with Gasteiger partial charge in [0.1, 0.15) is 5.54 Å². The van der Waals surface area contributed by atoms with Crippen molar-refractivity contribution in [2.45, 2.75) is 18.9 Å². The lowest BCUT2D eigenvalue weighted by molar-refractivity contribution is -0.124. The van der Waals surface area contributed by atoms with Gasteiger partial charge in [-0.2, -0.15) is 0 Å². The predicted molar refractivity (Wildman–Crippen MR) is 86.8 cm³/mol. The van der Waals surface area contributed by atoms with Crippen LogP contribution in [-0.4, -0.2) is 56.0 Å². The molecule has 0 spiro atoms. The van der Waals surface area contributed by atoms with E-state index in [2.05, 4.69) is 30.8 Å². The number of carbonyl (C=O) groups excluding carboxylic acids is 1. The summed E-state index contributed by atoms with van der Waals surface area (Å²) in [7, 11) is 4.10. The molecule has 1 amide bonds. The summed E-state index contributed by atoms with van der Waals surface area (Å²) in [6.07, 6.45) is 1.03. The van der Waals surface area contributed by atoms with Crippen molar-refractivity contribution in [3.63, 3.8) is 0 Å². The molecule has 0 saturated heterocycles.